The fourth-order valence-corrected chi connectivity index (χ4v) is 1.71. The van der Waals surface area contributed by atoms with E-state index in [0.29, 0.717) is 12.2 Å². The predicted molar refractivity (Wildman–Crippen MR) is 74.0 cm³/mol. The third-order valence-electron chi connectivity index (χ3n) is 2.95. The number of carbonyl (C=O) groups is 2. The van der Waals surface area contributed by atoms with Gasteiger partial charge in [-0.3, -0.25) is 0 Å². The van der Waals surface area contributed by atoms with Crippen LogP contribution in [0.2, 0.25) is 0 Å². The maximum absolute atomic E-state index is 11.7. The highest BCUT2D eigenvalue weighted by molar-refractivity contribution is 5.92. The first kappa shape index (κ1) is 16.2. The Hall–Kier alpha value is -1.88. The van der Waals surface area contributed by atoms with E-state index in [1.165, 1.54) is 24.3 Å². The Morgan fingerprint density at radius 1 is 1.05 bits per heavy atom. The lowest BCUT2D eigenvalue weighted by atomic mass is 10.1. The molecule has 0 saturated heterocycles. The highest BCUT2D eigenvalue weighted by Gasteiger charge is 2.09. The number of aromatic carboxylic acids is 1. The van der Waals surface area contributed by atoms with Gasteiger partial charge in [0.2, 0.25) is 0 Å². The fourth-order valence-electron chi connectivity index (χ4n) is 1.71. The Bertz CT molecular complexity index is 434. The van der Waals surface area contributed by atoms with Gasteiger partial charge in [-0.1, -0.05) is 13.8 Å². The van der Waals surface area contributed by atoms with Crippen molar-refractivity contribution in [1.82, 2.24) is 0 Å². The first-order valence-electron chi connectivity index (χ1n) is 6.70. The summed E-state index contributed by atoms with van der Waals surface area (Å²) in [6.45, 7) is 4.65. The fraction of sp³-hybridized carbons (Fsp3) is 0.467. The van der Waals surface area contributed by atoms with Crippen LogP contribution >= 0.6 is 0 Å². The number of rotatable bonds is 8. The molecule has 0 heterocycles. The summed E-state index contributed by atoms with van der Waals surface area (Å²) < 4.78 is 10.6. The van der Waals surface area contributed by atoms with E-state index in [2.05, 4.69) is 0 Å². The molecule has 0 unspecified atom stereocenters. The molecule has 0 aromatic heterocycles. The SMILES string of the molecule is CCC(CC)OCCOC(=O)c1ccc(C(=O)O)cc1. The van der Waals surface area contributed by atoms with E-state index < -0.39 is 11.9 Å². The van der Waals surface area contributed by atoms with Crippen LogP contribution in [0.15, 0.2) is 24.3 Å². The molecule has 0 atom stereocenters. The summed E-state index contributed by atoms with van der Waals surface area (Å²) >= 11 is 0. The second kappa shape index (κ2) is 8.32. The Balaban J connectivity index is 2.37. The highest BCUT2D eigenvalue weighted by Crippen LogP contribution is 2.07. The molecule has 0 spiro atoms. The first-order chi connectivity index (χ1) is 9.58. The van der Waals surface area contributed by atoms with Gasteiger partial charge in [0.25, 0.3) is 0 Å². The van der Waals surface area contributed by atoms with Crippen LogP contribution in [0.1, 0.15) is 47.4 Å². The molecule has 0 aliphatic heterocycles. The molecular formula is C15H20O5. The van der Waals surface area contributed by atoms with Crippen LogP contribution in [0.25, 0.3) is 0 Å². The first-order valence-corrected chi connectivity index (χ1v) is 6.70. The van der Waals surface area contributed by atoms with Gasteiger partial charge >= 0.3 is 11.9 Å². The van der Waals surface area contributed by atoms with Crippen LogP contribution in [0.5, 0.6) is 0 Å². The van der Waals surface area contributed by atoms with Crippen LogP contribution < -0.4 is 0 Å². The van der Waals surface area contributed by atoms with E-state index in [-0.39, 0.29) is 18.3 Å². The summed E-state index contributed by atoms with van der Waals surface area (Å²) in [5, 5.41) is 8.75. The quantitative estimate of drug-likeness (QED) is 0.585. The van der Waals surface area contributed by atoms with Crippen LogP contribution in [0.4, 0.5) is 0 Å². The monoisotopic (exact) mass is 280 g/mol. The van der Waals surface area contributed by atoms with Crippen molar-refractivity contribution in [2.75, 3.05) is 13.2 Å². The standard InChI is InChI=1S/C15H20O5/c1-3-13(4-2)19-9-10-20-15(18)12-7-5-11(6-8-12)14(16)17/h5-8,13H,3-4,9-10H2,1-2H3,(H,16,17). The molecule has 20 heavy (non-hydrogen) atoms. The zero-order valence-corrected chi connectivity index (χ0v) is 11.8. The van der Waals surface area contributed by atoms with Crippen molar-refractivity contribution in [3.05, 3.63) is 35.4 Å². The van der Waals surface area contributed by atoms with Gasteiger partial charge in [0.05, 0.1) is 23.8 Å². The molecule has 1 rings (SSSR count). The zero-order valence-electron chi connectivity index (χ0n) is 11.8. The van der Waals surface area contributed by atoms with Gasteiger partial charge in [-0.2, -0.15) is 0 Å². The van der Waals surface area contributed by atoms with Crippen molar-refractivity contribution < 1.29 is 24.2 Å². The average Bonchev–Trinajstić information content (AvgIpc) is 2.47. The number of carboxylic acids is 1. The third kappa shape index (κ3) is 5.01. The summed E-state index contributed by atoms with van der Waals surface area (Å²) in [5.74, 6) is -1.50. The summed E-state index contributed by atoms with van der Waals surface area (Å²) in [6.07, 6.45) is 2.06. The molecule has 0 bridgehead atoms. The third-order valence-corrected chi connectivity index (χ3v) is 2.95. The van der Waals surface area contributed by atoms with Gasteiger partial charge in [-0.25, -0.2) is 9.59 Å². The number of carbonyl (C=O) groups excluding carboxylic acids is 1. The van der Waals surface area contributed by atoms with Crippen LogP contribution in [0.3, 0.4) is 0 Å². The lowest BCUT2D eigenvalue weighted by molar-refractivity contribution is 0.00515. The van der Waals surface area contributed by atoms with Gasteiger partial charge in [0, 0.05) is 0 Å². The Kier molecular flexibility index (Phi) is 6.73. The van der Waals surface area contributed by atoms with Gasteiger partial charge in [-0.15, -0.1) is 0 Å². The second-order valence-corrected chi connectivity index (χ2v) is 4.33. The molecular weight excluding hydrogens is 260 g/mol. The molecule has 5 heteroatoms. The molecule has 0 aliphatic carbocycles. The summed E-state index contributed by atoms with van der Waals surface area (Å²) in [4.78, 5) is 22.4. The molecule has 0 amide bonds. The van der Waals surface area contributed by atoms with E-state index in [1.54, 1.807) is 0 Å². The van der Waals surface area contributed by atoms with Gasteiger partial charge in [0.15, 0.2) is 0 Å². The van der Waals surface area contributed by atoms with E-state index in [4.69, 9.17) is 14.6 Å². The average molecular weight is 280 g/mol. The number of benzene rings is 1. The van der Waals surface area contributed by atoms with Gasteiger partial charge in [-0.05, 0) is 37.1 Å². The van der Waals surface area contributed by atoms with Crippen LogP contribution in [0, 0.1) is 0 Å². The van der Waals surface area contributed by atoms with Crippen molar-refractivity contribution in [1.29, 1.82) is 0 Å². The molecule has 0 saturated carbocycles. The number of carboxylic acid groups (broad SMARTS) is 1. The van der Waals surface area contributed by atoms with Crippen molar-refractivity contribution in [3.8, 4) is 0 Å². The van der Waals surface area contributed by atoms with Crippen molar-refractivity contribution in [3.63, 3.8) is 0 Å². The normalized spacial score (nSPS) is 10.6. The minimum absolute atomic E-state index is 0.138. The van der Waals surface area contributed by atoms with Gasteiger partial charge < -0.3 is 14.6 Å². The Morgan fingerprint density at radius 2 is 1.60 bits per heavy atom. The van der Waals surface area contributed by atoms with E-state index in [0.717, 1.165) is 12.8 Å². The lowest BCUT2D eigenvalue weighted by Crippen LogP contribution is -2.16. The second-order valence-electron chi connectivity index (χ2n) is 4.33. The van der Waals surface area contributed by atoms with Crippen molar-refractivity contribution in [2.45, 2.75) is 32.8 Å². The smallest absolute Gasteiger partial charge is 0.338 e. The van der Waals surface area contributed by atoms with Crippen molar-refractivity contribution in [2.24, 2.45) is 0 Å². The summed E-state index contributed by atoms with van der Waals surface area (Å²) in [5.41, 5.74) is 0.469. The van der Waals surface area contributed by atoms with Gasteiger partial charge in [0.1, 0.15) is 6.61 Å². The maximum atomic E-state index is 11.7. The number of ether oxygens (including phenoxy) is 2. The Morgan fingerprint density at radius 3 is 2.10 bits per heavy atom. The Labute approximate surface area is 118 Å². The predicted octanol–water partition coefficient (Wildman–Crippen LogP) is 2.75. The molecule has 0 fully saturated rings. The molecule has 0 aliphatic rings. The minimum Gasteiger partial charge on any atom is -0.478 e. The molecule has 1 aromatic rings. The highest BCUT2D eigenvalue weighted by atomic mass is 16.6. The van der Waals surface area contributed by atoms with E-state index in [9.17, 15) is 9.59 Å². The maximum Gasteiger partial charge on any atom is 0.338 e. The van der Waals surface area contributed by atoms with E-state index in [1.807, 2.05) is 13.8 Å². The van der Waals surface area contributed by atoms with Crippen molar-refractivity contribution >= 4 is 11.9 Å². The van der Waals surface area contributed by atoms with E-state index >= 15 is 0 Å². The zero-order chi connectivity index (χ0) is 15.0. The van der Waals surface area contributed by atoms with Crippen LogP contribution in [-0.4, -0.2) is 36.4 Å². The lowest BCUT2D eigenvalue weighted by Gasteiger charge is -2.13. The topological polar surface area (TPSA) is 72.8 Å². The van der Waals surface area contributed by atoms with Crippen LogP contribution in [-0.2, 0) is 9.47 Å². The number of hydrogen-bond acceptors (Lipinski definition) is 4. The number of esters is 1. The molecule has 0 radical (unpaired) electrons. The summed E-state index contributed by atoms with van der Waals surface area (Å²) in [7, 11) is 0. The largest absolute Gasteiger partial charge is 0.478 e. The molecule has 1 N–H and O–H groups in total. The molecule has 110 valence electrons. The summed E-state index contributed by atoms with van der Waals surface area (Å²) in [6, 6.07) is 5.63. The number of hydrogen-bond donors (Lipinski definition) is 1. The minimum atomic E-state index is -1.02. The molecule has 5 nitrogen and oxygen atoms in total. The molecule has 1 aromatic carbocycles.